The summed E-state index contributed by atoms with van der Waals surface area (Å²) in [5.41, 5.74) is 0. The minimum Gasteiger partial charge on any atom is -0.484 e. The first-order valence-corrected chi connectivity index (χ1v) is 6.29. The van der Waals surface area contributed by atoms with E-state index in [0.717, 1.165) is 6.07 Å². The van der Waals surface area contributed by atoms with E-state index >= 15 is 0 Å². The highest BCUT2D eigenvalue weighted by atomic mass is 35.5. The van der Waals surface area contributed by atoms with Crippen molar-refractivity contribution in [3.63, 3.8) is 0 Å². The van der Waals surface area contributed by atoms with Crippen molar-refractivity contribution in [2.75, 3.05) is 6.61 Å². The quantitative estimate of drug-likeness (QED) is 0.843. The number of carbonyl (C=O) groups is 2. The normalized spacial score (nSPS) is 12.1. The molecule has 0 aromatic heterocycles. The van der Waals surface area contributed by atoms with Crippen molar-refractivity contribution in [1.82, 2.24) is 5.32 Å². The van der Waals surface area contributed by atoms with E-state index in [4.69, 9.17) is 21.4 Å². The number of aliphatic carboxylic acids is 1. The molecule has 0 heterocycles. The first kappa shape index (κ1) is 16.2. The van der Waals surface area contributed by atoms with Gasteiger partial charge in [-0.3, -0.25) is 4.79 Å². The largest absolute Gasteiger partial charge is 0.484 e. The fourth-order valence-electron chi connectivity index (χ4n) is 1.44. The standard InChI is InChI=1S/C13H15ClFNO4/c1-7(2)12(13(18)19)16-11(17)6-20-8-3-4-10(15)9(14)5-8/h3-5,7,12H,6H2,1-2H3,(H,16,17)(H,18,19)/t12-/m0/s1. The molecular formula is C13H15ClFNO4. The average molecular weight is 304 g/mol. The lowest BCUT2D eigenvalue weighted by molar-refractivity contribution is -0.143. The van der Waals surface area contributed by atoms with Crippen molar-refractivity contribution >= 4 is 23.5 Å². The number of halogens is 2. The van der Waals surface area contributed by atoms with E-state index in [1.165, 1.54) is 12.1 Å². The summed E-state index contributed by atoms with van der Waals surface area (Å²) in [6.07, 6.45) is 0. The van der Waals surface area contributed by atoms with Crippen LogP contribution in [0, 0.1) is 11.7 Å². The number of carbonyl (C=O) groups excluding carboxylic acids is 1. The Kier molecular flexibility index (Phi) is 5.76. The van der Waals surface area contributed by atoms with E-state index in [1.807, 2.05) is 0 Å². The molecule has 0 bridgehead atoms. The SMILES string of the molecule is CC(C)[C@H](NC(=O)COc1ccc(F)c(Cl)c1)C(=O)O. The molecule has 0 aliphatic rings. The molecule has 0 unspecified atom stereocenters. The van der Waals surface area contributed by atoms with Crippen LogP contribution in [-0.4, -0.2) is 29.6 Å². The van der Waals surface area contributed by atoms with Crippen molar-refractivity contribution in [2.24, 2.45) is 5.92 Å². The minimum absolute atomic E-state index is 0.117. The zero-order chi connectivity index (χ0) is 15.3. The fourth-order valence-corrected chi connectivity index (χ4v) is 1.61. The average Bonchev–Trinajstić information content (AvgIpc) is 2.36. The molecule has 20 heavy (non-hydrogen) atoms. The highest BCUT2D eigenvalue weighted by Gasteiger charge is 2.23. The first-order chi connectivity index (χ1) is 9.31. The molecule has 1 aromatic carbocycles. The predicted molar refractivity (Wildman–Crippen MR) is 71.3 cm³/mol. The van der Waals surface area contributed by atoms with Gasteiger partial charge in [-0.15, -0.1) is 0 Å². The second kappa shape index (κ2) is 7.09. The Morgan fingerprint density at radius 2 is 2.10 bits per heavy atom. The van der Waals surface area contributed by atoms with E-state index in [0.29, 0.717) is 0 Å². The molecule has 1 atom stereocenters. The van der Waals surface area contributed by atoms with Crippen LogP contribution in [0.4, 0.5) is 4.39 Å². The van der Waals surface area contributed by atoms with Gasteiger partial charge >= 0.3 is 5.97 Å². The summed E-state index contributed by atoms with van der Waals surface area (Å²) in [6.45, 7) is 2.98. The van der Waals surface area contributed by atoms with E-state index < -0.39 is 23.7 Å². The van der Waals surface area contributed by atoms with Gasteiger partial charge in [0.2, 0.25) is 0 Å². The molecule has 110 valence electrons. The minimum atomic E-state index is -1.11. The van der Waals surface area contributed by atoms with Gasteiger partial charge < -0.3 is 15.2 Å². The van der Waals surface area contributed by atoms with E-state index in [-0.39, 0.29) is 23.3 Å². The first-order valence-electron chi connectivity index (χ1n) is 5.91. The van der Waals surface area contributed by atoms with Crippen LogP contribution in [0.1, 0.15) is 13.8 Å². The number of hydrogen-bond acceptors (Lipinski definition) is 3. The van der Waals surface area contributed by atoms with Gasteiger partial charge in [-0.2, -0.15) is 0 Å². The maximum absolute atomic E-state index is 12.9. The van der Waals surface area contributed by atoms with Crippen LogP contribution in [0.5, 0.6) is 5.75 Å². The van der Waals surface area contributed by atoms with Crippen LogP contribution >= 0.6 is 11.6 Å². The molecule has 0 saturated carbocycles. The highest BCUT2D eigenvalue weighted by molar-refractivity contribution is 6.30. The Hall–Kier alpha value is -1.82. The van der Waals surface area contributed by atoms with Crippen molar-refractivity contribution in [3.8, 4) is 5.75 Å². The molecule has 0 fully saturated rings. The summed E-state index contributed by atoms with van der Waals surface area (Å²) < 4.78 is 18.0. The summed E-state index contributed by atoms with van der Waals surface area (Å²) in [4.78, 5) is 22.5. The van der Waals surface area contributed by atoms with Crippen LogP contribution in [0.25, 0.3) is 0 Å². The smallest absolute Gasteiger partial charge is 0.326 e. The summed E-state index contributed by atoms with van der Waals surface area (Å²) in [6, 6.07) is 2.69. The Morgan fingerprint density at radius 3 is 2.60 bits per heavy atom. The summed E-state index contributed by atoms with van der Waals surface area (Å²) in [5.74, 6) is -2.31. The van der Waals surface area contributed by atoms with E-state index in [9.17, 15) is 14.0 Å². The summed E-state index contributed by atoms with van der Waals surface area (Å²) >= 11 is 5.56. The third-order valence-electron chi connectivity index (χ3n) is 2.51. The molecule has 0 aliphatic carbocycles. The Balaban J connectivity index is 2.54. The van der Waals surface area contributed by atoms with Gasteiger partial charge in [-0.05, 0) is 18.1 Å². The summed E-state index contributed by atoms with van der Waals surface area (Å²) in [5, 5.41) is 11.2. The van der Waals surface area contributed by atoms with Crippen molar-refractivity contribution in [2.45, 2.75) is 19.9 Å². The number of nitrogens with one attached hydrogen (secondary N) is 1. The Morgan fingerprint density at radius 1 is 1.45 bits per heavy atom. The van der Waals surface area contributed by atoms with Gasteiger partial charge in [0.05, 0.1) is 5.02 Å². The predicted octanol–water partition coefficient (Wildman–Crippen LogP) is 2.08. The Labute approximate surface area is 120 Å². The van der Waals surface area contributed by atoms with Crippen LogP contribution in [0.15, 0.2) is 18.2 Å². The zero-order valence-electron chi connectivity index (χ0n) is 11.0. The number of rotatable bonds is 6. The van der Waals surface area contributed by atoms with Crippen molar-refractivity contribution < 1.29 is 23.8 Å². The number of amides is 1. The van der Waals surface area contributed by atoms with Crippen LogP contribution in [0.3, 0.4) is 0 Å². The molecule has 1 rings (SSSR count). The topological polar surface area (TPSA) is 75.6 Å². The van der Waals surface area contributed by atoms with Gasteiger partial charge in [0, 0.05) is 6.07 Å². The van der Waals surface area contributed by atoms with Gasteiger partial charge in [-0.25, -0.2) is 9.18 Å². The van der Waals surface area contributed by atoms with Crippen molar-refractivity contribution in [1.29, 1.82) is 0 Å². The van der Waals surface area contributed by atoms with Crippen LogP contribution < -0.4 is 10.1 Å². The maximum atomic E-state index is 12.9. The zero-order valence-corrected chi connectivity index (χ0v) is 11.8. The lowest BCUT2D eigenvalue weighted by atomic mass is 10.1. The van der Waals surface area contributed by atoms with Gasteiger partial charge in [0.1, 0.15) is 17.6 Å². The molecule has 0 saturated heterocycles. The molecule has 0 radical (unpaired) electrons. The van der Waals surface area contributed by atoms with Crippen molar-refractivity contribution in [3.05, 3.63) is 29.0 Å². The van der Waals surface area contributed by atoms with Gasteiger partial charge in [0.15, 0.2) is 6.61 Å². The lowest BCUT2D eigenvalue weighted by Gasteiger charge is -2.18. The molecule has 1 aromatic rings. The van der Waals surface area contributed by atoms with Gasteiger partial charge in [-0.1, -0.05) is 25.4 Å². The lowest BCUT2D eigenvalue weighted by Crippen LogP contribution is -2.46. The molecule has 2 N–H and O–H groups in total. The van der Waals surface area contributed by atoms with E-state index in [1.54, 1.807) is 13.8 Å². The molecule has 0 aliphatic heterocycles. The fraction of sp³-hybridized carbons (Fsp3) is 0.385. The number of carboxylic acids is 1. The molecule has 5 nitrogen and oxygen atoms in total. The number of benzene rings is 1. The second-order valence-electron chi connectivity index (χ2n) is 4.49. The van der Waals surface area contributed by atoms with Crippen LogP contribution in [-0.2, 0) is 9.59 Å². The highest BCUT2D eigenvalue weighted by Crippen LogP contribution is 2.20. The second-order valence-corrected chi connectivity index (χ2v) is 4.90. The third kappa shape index (κ3) is 4.70. The summed E-state index contributed by atoms with van der Waals surface area (Å²) in [7, 11) is 0. The number of ether oxygens (including phenoxy) is 1. The number of hydrogen-bond donors (Lipinski definition) is 2. The molecule has 1 amide bonds. The third-order valence-corrected chi connectivity index (χ3v) is 2.80. The van der Waals surface area contributed by atoms with Gasteiger partial charge in [0.25, 0.3) is 5.91 Å². The molecule has 0 spiro atoms. The maximum Gasteiger partial charge on any atom is 0.326 e. The monoisotopic (exact) mass is 303 g/mol. The van der Waals surface area contributed by atoms with Crippen LogP contribution in [0.2, 0.25) is 5.02 Å². The van der Waals surface area contributed by atoms with E-state index in [2.05, 4.69) is 5.32 Å². The number of carboxylic acid groups (broad SMARTS) is 1. The molecule has 7 heteroatoms. The Bertz CT molecular complexity index is 507. The molecular weight excluding hydrogens is 289 g/mol.